The maximum atomic E-state index is 13.1. The fourth-order valence-corrected chi connectivity index (χ4v) is 1.76. The lowest BCUT2D eigenvalue weighted by atomic mass is 10.3. The maximum absolute atomic E-state index is 13.1. The van der Waals surface area contributed by atoms with Gasteiger partial charge in [-0.05, 0) is 53.2 Å². The first-order chi connectivity index (χ1) is 8.08. The minimum absolute atomic E-state index is 0.247. The number of aromatic nitrogens is 1. The molecule has 1 aromatic heterocycles. The smallest absolute Gasteiger partial charge is 0.133 e. The molecule has 0 saturated heterocycles. The minimum Gasteiger partial charge on any atom is -0.329 e. The number of pyridine rings is 1. The first-order valence-corrected chi connectivity index (χ1v) is 5.99. The van der Waals surface area contributed by atoms with Crippen LogP contribution in [0, 0.1) is 12.7 Å². The fourth-order valence-electron chi connectivity index (χ4n) is 1.53. The molecule has 0 fully saturated rings. The van der Waals surface area contributed by atoms with Gasteiger partial charge in [-0.15, -0.1) is 0 Å². The SMILES string of the molecule is Cc1nc(N(C)c2cccc(F)c2)ccc1Br. The van der Waals surface area contributed by atoms with Crippen molar-refractivity contribution in [3.63, 3.8) is 0 Å². The van der Waals surface area contributed by atoms with Crippen molar-refractivity contribution in [3.05, 3.63) is 52.4 Å². The van der Waals surface area contributed by atoms with Crippen LogP contribution < -0.4 is 4.90 Å². The second-order valence-electron chi connectivity index (χ2n) is 3.78. The highest BCUT2D eigenvalue weighted by molar-refractivity contribution is 9.10. The summed E-state index contributed by atoms with van der Waals surface area (Å²) in [5, 5.41) is 0. The fraction of sp³-hybridized carbons (Fsp3) is 0.154. The quantitative estimate of drug-likeness (QED) is 0.830. The second kappa shape index (κ2) is 4.84. The highest BCUT2D eigenvalue weighted by Crippen LogP contribution is 2.24. The van der Waals surface area contributed by atoms with E-state index in [1.54, 1.807) is 6.07 Å². The van der Waals surface area contributed by atoms with Crippen molar-refractivity contribution in [2.75, 3.05) is 11.9 Å². The van der Waals surface area contributed by atoms with E-state index in [4.69, 9.17) is 0 Å². The lowest BCUT2D eigenvalue weighted by molar-refractivity contribution is 0.628. The molecule has 0 amide bonds. The normalized spacial score (nSPS) is 10.4. The van der Waals surface area contributed by atoms with E-state index in [2.05, 4.69) is 20.9 Å². The summed E-state index contributed by atoms with van der Waals surface area (Å²) < 4.78 is 14.1. The summed E-state index contributed by atoms with van der Waals surface area (Å²) in [7, 11) is 1.87. The Bertz CT molecular complexity index is 543. The molecule has 2 rings (SSSR count). The van der Waals surface area contributed by atoms with Gasteiger partial charge in [0.25, 0.3) is 0 Å². The third-order valence-electron chi connectivity index (χ3n) is 2.55. The van der Waals surface area contributed by atoms with Crippen molar-refractivity contribution in [1.82, 2.24) is 4.98 Å². The molecule has 4 heteroatoms. The van der Waals surface area contributed by atoms with Crippen molar-refractivity contribution in [2.45, 2.75) is 6.92 Å². The number of anilines is 2. The van der Waals surface area contributed by atoms with E-state index in [0.29, 0.717) is 0 Å². The van der Waals surface area contributed by atoms with Crippen LogP contribution in [0.3, 0.4) is 0 Å². The molecule has 0 spiro atoms. The molecular weight excluding hydrogens is 283 g/mol. The molecule has 0 aliphatic carbocycles. The minimum atomic E-state index is -0.247. The summed E-state index contributed by atoms with van der Waals surface area (Å²) in [5.41, 5.74) is 1.69. The number of nitrogens with zero attached hydrogens (tertiary/aromatic N) is 2. The number of rotatable bonds is 2. The molecule has 1 aromatic carbocycles. The van der Waals surface area contributed by atoms with Gasteiger partial charge in [0.15, 0.2) is 0 Å². The highest BCUT2D eigenvalue weighted by Gasteiger charge is 2.07. The molecule has 2 nitrogen and oxygen atoms in total. The Hall–Kier alpha value is -1.42. The molecule has 0 saturated carbocycles. The van der Waals surface area contributed by atoms with Gasteiger partial charge in [-0.2, -0.15) is 0 Å². The Balaban J connectivity index is 2.36. The predicted octanol–water partition coefficient (Wildman–Crippen LogP) is 4.06. The van der Waals surface area contributed by atoms with Crippen LogP contribution in [0.15, 0.2) is 40.9 Å². The van der Waals surface area contributed by atoms with Gasteiger partial charge < -0.3 is 4.90 Å². The van der Waals surface area contributed by atoms with Crippen LogP contribution in [0.1, 0.15) is 5.69 Å². The zero-order valence-electron chi connectivity index (χ0n) is 9.61. The highest BCUT2D eigenvalue weighted by atomic mass is 79.9. The number of hydrogen-bond donors (Lipinski definition) is 0. The van der Waals surface area contributed by atoms with Crippen molar-refractivity contribution < 1.29 is 4.39 Å². The van der Waals surface area contributed by atoms with Crippen LogP contribution in [-0.4, -0.2) is 12.0 Å². The van der Waals surface area contributed by atoms with Crippen molar-refractivity contribution in [2.24, 2.45) is 0 Å². The van der Waals surface area contributed by atoms with E-state index in [-0.39, 0.29) is 5.82 Å². The molecular formula is C13H12BrFN2. The third-order valence-corrected chi connectivity index (χ3v) is 3.38. The monoisotopic (exact) mass is 294 g/mol. The van der Waals surface area contributed by atoms with Gasteiger partial charge >= 0.3 is 0 Å². The molecule has 0 unspecified atom stereocenters. The Kier molecular flexibility index (Phi) is 3.43. The summed E-state index contributed by atoms with van der Waals surface area (Å²) in [6.07, 6.45) is 0. The average molecular weight is 295 g/mol. The molecule has 0 aliphatic heterocycles. The number of aryl methyl sites for hydroxylation is 1. The van der Waals surface area contributed by atoms with E-state index in [1.807, 2.05) is 37.1 Å². The molecule has 0 N–H and O–H groups in total. The van der Waals surface area contributed by atoms with E-state index in [1.165, 1.54) is 12.1 Å². The number of halogens is 2. The maximum Gasteiger partial charge on any atom is 0.133 e. The van der Waals surface area contributed by atoms with E-state index >= 15 is 0 Å². The number of benzene rings is 1. The molecule has 0 bridgehead atoms. The average Bonchev–Trinajstić information content (AvgIpc) is 2.32. The Morgan fingerprint density at radius 2 is 2.00 bits per heavy atom. The largest absolute Gasteiger partial charge is 0.329 e. The summed E-state index contributed by atoms with van der Waals surface area (Å²) in [4.78, 5) is 6.29. The first kappa shape index (κ1) is 12.0. The predicted molar refractivity (Wildman–Crippen MR) is 71.1 cm³/mol. The van der Waals surface area contributed by atoms with Crippen LogP contribution in [0.5, 0.6) is 0 Å². The molecule has 1 heterocycles. The topological polar surface area (TPSA) is 16.1 Å². The summed E-state index contributed by atoms with van der Waals surface area (Å²) in [6, 6.07) is 10.3. The molecule has 0 aliphatic rings. The van der Waals surface area contributed by atoms with Crippen molar-refractivity contribution in [3.8, 4) is 0 Å². The standard InChI is InChI=1S/C13H12BrFN2/c1-9-12(14)6-7-13(16-9)17(2)11-5-3-4-10(15)8-11/h3-8H,1-2H3. The van der Waals surface area contributed by atoms with Crippen LogP contribution in [0.2, 0.25) is 0 Å². The van der Waals surface area contributed by atoms with Gasteiger partial charge in [0.2, 0.25) is 0 Å². The van der Waals surface area contributed by atoms with E-state index < -0.39 is 0 Å². The molecule has 17 heavy (non-hydrogen) atoms. The Morgan fingerprint density at radius 1 is 1.24 bits per heavy atom. The van der Waals surface area contributed by atoms with Gasteiger partial charge in [0.1, 0.15) is 11.6 Å². The molecule has 2 aromatic rings. The zero-order chi connectivity index (χ0) is 12.4. The van der Waals surface area contributed by atoms with E-state index in [9.17, 15) is 4.39 Å². The Labute approximate surface area is 108 Å². The third kappa shape index (κ3) is 2.64. The van der Waals surface area contributed by atoms with Crippen LogP contribution in [-0.2, 0) is 0 Å². The van der Waals surface area contributed by atoms with Gasteiger partial charge in [0.05, 0.1) is 5.69 Å². The van der Waals surface area contributed by atoms with E-state index in [0.717, 1.165) is 21.7 Å². The molecule has 0 radical (unpaired) electrons. The van der Waals surface area contributed by atoms with Crippen molar-refractivity contribution >= 4 is 27.4 Å². The van der Waals surface area contributed by atoms with Crippen LogP contribution >= 0.6 is 15.9 Å². The van der Waals surface area contributed by atoms with Crippen LogP contribution in [0.4, 0.5) is 15.9 Å². The van der Waals surface area contributed by atoms with Gasteiger partial charge in [-0.25, -0.2) is 9.37 Å². The van der Waals surface area contributed by atoms with Gasteiger partial charge in [-0.3, -0.25) is 0 Å². The zero-order valence-corrected chi connectivity index (χ0v) is 11.2. The second-order valence-corrected chi connectivity index (χ2v) is 4.63. The lowest BCUT2D eigenvalue weighted by Gasteiger charge is -2.19. The molecule has 0 atom stereocenters. The lowest BCUT2D eigenvalue weighted by Crippen LogP contribution is -2.11. The van der Waals surface area contributed by atoms with Crippen LogP contribution in [0.25, 0.3) is 0 Å². The Morgan fingerprint density at radius 3 is 2.65 bits per heavy atom. The summed E-state index contributed by atoms with van der Waals surface area (Å²) >= 11 is 3.41. The van der Waals surface area contributed by atoms with Gasteiger partial charge in [0, 0.05) is 17.2 Å². The summed E-state index contributed by atoms with van der Waals surface area (Å²) in [6.45, 7) is 1.92. The molecule has 88 valence electrons. The number of hydrogen-bond acceptors (Lipinski definition) is 2. The van der Waals surface area contributed by atoms with Crippen molar-refractivity contribution in [1.29, 1.82) is 0 Å². The summed E-state index contributed by atoms with van der Waals surface area (Å²) in [5.74, 6) is 0.541. The van der Waals surface area contributed by atoms with Gasteiger partial charge in [-0.1, -0.05) is 6.07 Å². The first-order valence-electron chi connectivity index (χ1n) is 5.20.